The molecule has 2 aromatic rings. The molecule has 0 radical (unpaired) electrons. The van der Waals surface area contributed by atoms with Crippen LogP contribution in [0.25, 0.3) is 0 Å². The Labute approximate surface area is 132 Å². The highest BCUT2D eigenvalue weighted by atomic mass is 35.5. The number of aliphatic hydroxyl groups is 1. The van der Waals surface area contributed by atoms with Crippen LogP contribution < -0.4 is 0 Å². The van der Waals surface area contributed by atoms with Gasteiger partial charge in [-0.15, -0.1) is 0 Å². The van der Waals surface area contributed by atoms with Crippen molar-refractivity contribution < 1.29 is 5.11 Å². The van der Waals surface area contributed by atoms with E-state index < -0.39 is 6.10 Å². The lowest BCUT2D eigenvalue weighted by Gasteiger charge is -2.06. The molecule has 1 aromatic carbocycles. The molecule has 6 heteroatoms. The highest BCUT2D eigenvalue weighted by Crippen LogP contribution is 2.35. The molecule has 0 aliphatic carbocycles. The fourth-order valence-corrected chi connectivity index (χ4v) is 3.57. The van der Waals surface area contributed by atoms with Gasteiger partial charge in [0, 0.05) is 14.9 Å². The van der Waals surface area contributed by atoms with Crippen LogP contribution >= 0.6 is 35.0 Å². The van der Waals surface area contributed by atoms with Crippen LogP contribution in [-0.2, 0) is 0 Å². The fraction of sp³-hybridized carbons (Fsp3) is 0.357. The van der Waals surface area contributed by atoms with Gasteiger partial charge in [-0.1, -0.05) is 48.8 Å². The molecule has 0 aliphatic heterocycles. The molecule has 0 saturated carbocycles. The summed E-state index contributed by atoms with van der Waals surface area (Å²) < 4.78 is 0. The van der Waals surface area contributed by atoms with Crippen molar-refractivity contribution in [3.8, 4) is 0 Å². The predicted octanol–water partition coefficient (Wildman–Crippen LogP) is 5.04. The molecule has 3 nitrogen and oxygen atoms in total. The van der Waals surface area contributed by atoms with E-state index in [4.69, 9.17) is 23.2 Å². The smallest absolute Gasteiger partial charge is 0.135 e. The van der Waals surface area contributed by atoms with Gasteiger partial charge in [0.1, 0.15) is 17.0 Å². The van der Waals surface area contributed by atoms with Crippen LogP contribution in [-0.4, -0.2) is 15.1 Å². The lowest BCUT2D eigenvalue weighted by molar-refractivity contribution is 0.189. The molecule has 20 heavy (non-hydrogen) atoms. The second-order valence-electron chi connectivity index (χ2n) is 4.87. The van der Waals surface area contributed by atoms with Crippen LogP contribution in [0.1, 0.15) is 44.3 Å². The zero-order valence-corrected chi connectivity index (χ0v) is 13.8. The van der Waals surface area contributed by atoms with Gasteiger partial charge < -0.3 is 10.1 Å². The Balaban J connectivity index is 2.36. The molecule has 1 unspecified atom stereocenters. The van der Waals surface area contributed by atoms with Crippen molar-refractivity contribution in [2.45, 2.75) is 42.7 Å². The third-order valence-corrected chi connectivity index (χ3v) is 4.14. The number of rotatable bonds is 4. The summed E-state index contributed by atoms with van der Waals surface area (Å²) in [6, 6.07) is 5.40. The Morgan fingerprint density at radius 3 is 2.25 bits per heavy atom. The Kier molecular flexibility index (Phi) is 5.02. The maximum absolute atomic E-state index is 9.65. The molecule has 0 aliphatic rings. The molecule has 1 atom stereocenters. The summed E-state index contributed by atoms with van der Waals surface area (Å²) in [5.74, 6) is 0.834. The molecule has 0 fully saturated rings. The van der Waals surface area contributed by atoms with E-state index in [0.29, 0.717) is 15.9 Å². The van der Waals surface area contributed by atoms with E-state index in [0.717, 1.165) is 15.6 Å². The second-order valence-corrected chi connectivity index (χ2v) is 6.83. The Hall–Kier alpha value is -0.680. The van der Waals surface area contributed by atoms with Crippen molar-refractivity contribution in [3.05, 3.63) is 39.8 Å². The average Bonchev–Trinajstić information content (AvgIpc) is 2.71. The lowest BCUT2D eigenvalue weighted by Crippen LogP contribution is -1.94. The SMILES string of the molecule is CC(C)c1nc(C(C)O)[nH]c1Sc1cc(Cl)cc(Cl)c1. The van der Waals surface area contributed by atoms with Crippen LogP contribution in [0, 0.1) is 0 Å². The minimum absolute atomic E-state index is 0.260. The van der Waals surface area contributed by atoms with E-state index >= 15 is 0 Å². The number of imidazole rings is 1. The number of nitrogens with zero attached hydrogens (tertiary/aromatic N) is 1. The first-order valence-electron chi connectivity index (χ1n) is 6.28. The van der Waals surface area contributed by atoms with Gasteiger partial charge in [-0.25, -0.2) is 4.98 Å². The third kappa shape index (κ3) is 3.70. The summed E-state index contributed by atoms with van der Waals surface area (Å²) >= 11 is 13.5. The van der Waals surface area contributed by atoms with E-state index in [1.807, 2.05) is 12.1 Å². The monoisotopic (exact) mass is 330 g/mol. The number of hydrogen-bond acceptors (Lipinski definition) is 3. The molecular weight excluding hydrogens is 315 g/mol. The van der Waals surface area contributed by atoms with Crippen LogP contribution in [0.5, 0.6) is 0 Å². The quantitative estimate of drug-likeness (QED) is 0.825. The first-order valence-corrected chi connectivity index (χ1v) is 7.86. The van der Waals surface area contributed by atoms with Crippen molar-refractivity contribution in [2.75, 3.05) is 0 Å². The van der Waals surface area contributed by atoms with Gasteiger partial charge in [0.25, 0.3) is 0 Å². The zero-order chi connectivity index (χ0) is 14.9. The summed E-state index contributed by atoms with van der Waals surface area (Å²) in [5, 5.41) is 11.8. The van der Waals surface area contributed by atoms with E-state index in [1.54, 1.807) is 13.0 Å². The highest BCUT2D eigenvalue weighted by molar-refractivity contribution is 7.99. The van der Waals surface area contributed by atoms with Crippen molar-refractivity contribution in [2.24, 2.45) is 0 Å². The van der Waals surface area contributed by atoms with Gasteiger partial charge >= 0.3 is 0 Å². The molecule has 1 aromatic heterocycles. The first-order chi connectivity index (χ1) is 9.36. The summed E-state index contributed by atoms with van der Waals surface area (Å²) in [5.41, 5.74) is 0.932. The number of halogens is 2. The molecule has 1 heterocycles. The predicted molar refractivity (Wildman–Crippen MR) is 83.9 cm³/mol. The zero-order valence-electron chi connectivity index (χ0n) is 11.4. The third-order valence-electron chi connectivity index (χ3n) is 2.71. The standard InChI is InChI=1S/C14H16Cl2N2OS/c1-7(2)12-14(18-13(17-12)8(3)19)20-11-5-9(15)4-10(16)6-11/h4-8,19H,1-3H3,(H,17,18). The van der Waals surface area contributed by atoms with E-state index in [2.05, 4.69) is 23.8 Å². The minimum atomic E-state index is -0.621. The van der Waals surface area contributed by atoms with Gasteiger partial charge in [-0.05, 0) is 31.0 Å². The molecule has 0 spiro atoms. The average molecular weight is 331 g/mol. The Bertz CT molecular complexity index is 591. The van der Waals surface area contributed by atoms with Crippen molar-refractivity contribution in [1.29, 1.82) is 0 Å². The van der Waals surface area contributed by atoms with Gasteiger partial charge in [-0.3, -0.25) is 0 Å². The Morgan fingerprint density at radius 2 is 1.75 bits per heavy atom. The number of hydrogen-bond donors (Lipinski definition) is 2. The van der Waals surface area contributed by atoms with Crippen LogP contribution in [0.15, 0.2) is 28.1 Å². The summed E-state index contributed by atoms with van der Waals surface area (Å²) in [6.45, 7) is 5.82. The largest absolute Gasteiger partial charge is 0.385 e. The molecular formula is C14H16Cl2N2OS. The number of H-pyrrole nitrogens is 1. The van der Waals surface area contributed by atoms with Crippen molar-refractivity contribution in [1.82, 2.24) is 9.97 Å². The van der Waals surface area contributed by atoms with E-state index in [1.165, 1.54) is 11.8 Å². The molecule has 2 N–H and O–H groups in total. The summed E-state index contributed by atoms with van der Waals surface area (Å²) in [6.07, 6.45) is -0.621. The van der Waals surface area contributed by atoms with E-state index in [9.17, 15) is 5.11 Å². The maximum Gasteiger partial charge on any atom is 0.135 e. The molecule has 0 amide bonds. The number of aromatic nitrogens is 2. The summed E-state index contributed by atoms with van der Waals surface area (Å²) in [7, 11) is 0. The van der Waals surface area contributed by atoms with Crippen molar-refractivity contribution in [3.63, 3.8) is 0 Å². The van der Waals surface area contributed by atoms with E-state index in [-0.39, 0.29) is 5.92 Å². The Morgan fingerprint density at radius 1 is 1.15 bits per heavy atom. The molecule has 2 rings (SSSR count). The minimum Gasteiger partial charge on any atom is -0.385 e. The van der Waals surface area contributed by atoms with Crippen molar-refractivity contribution >= 4 is 35.0 Å². The summed E-state index contributed by atoms with van der Waals surface area (Å²) in [4.78, 5) is 8.56. The fourth-order valence-electron chi connectivity index (χ4n) is 1.76. The van der Waals surface area contributed by atoms with Gasteiger partial charge in [-0.2, -0.15) is 0 Å². The first kappa shape index (κ1) is 15.7. The van der Waals surface area contributed by atoms with Gasteiger partial charge in [0.15, 0.2) is 0 Å². The lowest BCUT2D eigenvalue weighted by atomic mass is 10.2. The van der Waals surface area contributed by atoms with Crippen LogP contribution in [0.3, 0.4) is 0 Å². The highest BCUT2D eigenvalue weighted by Gasteiger charge is 2.17. The van der Waals surface area contributed by atoms with Gasteiger partial charge in [0.05, 0.1) is 5.69 Å². The molecule has 0 saturated heterocycles. The normalized spacial score (nSPS) is 12.9. The number of aliphatic hydroxyl groups excluding tert-OH is 1. The van der Waals surface area contributed by atoms with Crippen LogP contribution in [0.4, 0.5) is 0 Å². The van der Waals surface area contributed by atoms with Crippen LogP contribution in [0.2, 0.25) is 10.0 Å². The number of benzene rings is 1. The molecule has 0 bridgehead atoms. The second kappa shape index (κ2) is 6.39. The molecule has 108 valence electrons. The van der Waals surface area contributed by atoms with Gasteiger partial charge in [0.2, 0.25) is 0 Å². The number of aromatic amines is 1. The maximum atomic E-state index is 9.65. The number of nitrogens with one attached hydrogen (secondary N) is 1. The topological polar surface area (TPSA) is 48.9 Å².